The van der Waals surface area contributed by atoms with Crippen LogP contribution in [0.5, 0.6) is 0 Å². The first-order valence-electron chi connectivity index (χ1n) is 10.4. The summed E-state index contributed by atoms with van der Waals surface area (Å²) in [5.74, 6) is 1.42. The van der Waals surface area contributed by atoms with E-state index in [-0.39, 0.29) is 12.6 Å². The molecular weight excluding hydrogens is 412 g/mol. The molecule has 0 radical (unpaired) electrons. The number of aromatic amines is 1. The fraction of sp³-hybridized carbons (Fsp3) is 0.304. The predicted molar refractivity (Wildman–Crippen MR) is 121 cm³/mol. The normalized spacial score (nSPS) is 12.3. The van der Waals surface area contributed by atoms with Crippen LogP contribution in [-0.2, 0) is 13.0 Å². The molecule has 2 aromatic carbocycles. The number of tetrazole rings is 1. The van der Waals surface area contributed by atoms with E-state index in [4.69, 9.17) is 11.6 Å². The van der Waals surface area contributed by atoms with E-state index in [0.29, 0.717) is 16.7 Å². The van der Waals surface area contributed by atoms with Crippen molar-refractivity contribution in [3.05, 3.63) is 70.8 Å². The van der Waals surface area contributed by atoms with Gasteiger partial charge in [-0.25, -0.2) is 4.98 Å². The number of aromatic nitrogens is 6. The number of halogens is 1. The maximum atomic E-state index is 9.95. The molecule has 0 saturated carbocycles. The van der Waals surface area contributed by atoms with Gasteiger partial charge < -0.3 is 9.67 Å². The van der Waals surface area contributed by atoms with E-state index in [1.807, 2.05) is 18.2 Å². The number of aliphatic hydroxyl groups excluding tert-OH is 1. The third-order valence-electron chi connectivity index (χ3n) is 5.52. The smallest absolute Gasteiger partial charge is 0.205 e. The number of nitrogens with one attached hydrogen (secondary N) is 1. The summed E-state index contributed by atoms with van der Waals surface area (Å²) in [5.41, 5.74) is 4.66. The summed E-state index contributed by atoms with van der Waals surface area (Å²) in [5, 5.41) is 25.0. The molecular formula is C23H25ClN6O. The number of nitrogens with zero attached hydrogens (tertiary/aromatic N) is 5. The van der Waals surface area contributed by atoms with Gasteiger partial charge in [-0.15, -0.1) is 10.2 Å². The fourth-order valence-electron chi connectivity index (χ4n) is 3.90. The summed E-state index contributed by atoms with van der Waals surface area (Å²) >= 11 is 6.35. The lowest BCUT2D eigenvalue weighted by molar-refractivity contribution is 0.268. The second-order valence-corrected chi connectivity index (χ2v) is 7.84. The SMILES string of the molecule is CCCCc1nc(Cl)c(CO)n1C(C)c1ccc(-c2ccccc2)c(-c2nn[nH]n2)c1. The maximum absolute atomic E-state index is 9.95. The Kier molecular flexibility index (Phi) is 6.44. The van der Waals surface area contributed by atoms with Crippen LogP contribution in [0.2, 0.25) is 5.15 Å². The number of aryl methyl sites for hydroxylation is 1. The molecule has 0 aliphatic rings. The number of benzene rings is 2. The number of imidazole rings is 1. The predicted octanol–water partition coefficient (Wildman–Crippen LogP) is 4.83. The molecule has 2 aromatic heterocycles. The highest BCUT2D eigenvalue weighted by Crippen LogP contribution is 2.34. The molecule has 1 atom stereocenters. The summed E-state index contributed by atoms with van der Waals surface area (Å²) in [6, 6.07) is 16.3. The lowest BCUT2D eigenvalue weighted by Crippen LogP contribution is -2.14. The van der Waals surface area contributed by atoms with Gasteiger partial charge in [0.2, 0.25) is 5.82 Å². The van der Waals surface area contributed by atoms with E-state index >= 15 is 0 Å². The number of unbranched alkanes of at least 4 members (excludes halogenated alkanes) is 1. The van der Waals surface area contributed by atoms with Crippen molar-refractivity contribution >= 4 is 11.6 Å². The molecule has 0 amide bonds. The molecule has 4 rings (SSSR count). The van der Waals surface area contributed by atoms with Crippen molar-refractivity contribution in [3.8, 4) is 22.5 Å². The minimum atomic E-state index is -0.165. The van der Waals surface area contributed by atoms with Crippen molar-refractivity contribution in [2.45, 2.75) is 45.8 Å². The largest absolute Gasteiger partial charge is 0.390 e. The summed E-state index contributed by atoms with van der Waals surface area (Å²) < 4.78 is 2.05. The average molecular weight is 437 g/mol. The monoisotopic (exact) mass is 436 g/mol. The molecule has 0 aliphatic heterocycles. The standard InChI is InChI=1S/C23H25ClN6O/c1-3-4-10-21-25-22(24)20(14-31)30(21)15(2)17-11-12-18(16-8-6-5-7-9-16)19(13-17)23-26-28-29-27-23/h5-9,11-13,15,31H,3-4,10,14H2,1-2H3,(H,26,27,28,29). The minimum absolute atomic E-state index is 0.0792. The Morgan fingerprint density at radius 1 is 1.13 bits per heavy atom. The number of aliphatic hydroxyl groups is 1. The van der Waals surface area contributed by atoms with Gasteiger partial charge in [0.05, 0.1) is 18.3 Å². The molecule has 0 fully saturated rings. The number of hydrogen-bond donors (Lipinski definition) is 2. The van der Waals surface area contributed by atoms with Crippen LogP contribution in [0.25, 0.3) is 22.5 Å². The quantitative estimate of drug-likeness (QED) is 0.412. The Balaban J connectivity index is 1.82. The van der Waals surface area contributed by atoms with Gasteiger partial charge in [0.1, 0.15) is 5.82 Å². The van der Waals surface area contributed by atoms with Crippen molar-refractivity contribution < 1.29 is 5.11 Å². The van der Waals surface area contributed by atoms with Crippen LogP contribution in [0.15, 0.2) is 48.5 Å². The van der Waals surface area contributed by atoms with E-state index in [1.165, 1.54) is 0 Å². The van der Waals surface area contributed by atoms with Gasteiger partial charge in [-0.1, -0.05) is 67.4 Å². The highest BCUT2D eigenvalue weighted by atomic mass is 35.5. The van der Waals surface area contributed by atoms with Crippen molar-refractivity contribution in [1.82, 2.24) is 30.2 Å². The third-order valence-corrected chi connectivity index (χ3v) is 5.82. The Bertz CT molecular complexity index is 1140. The minimum Gasteiger partial charge on any atom is -0.390 e. The fourth-order valence-corrected chi connectivity index (χ4v) is 4.15. The maximum Gasteiger partial charge on any atom is 0.205 e. The zero-order valence-electron chi connectivity index (χ0n) is 17.6. The topological polar surface area (TPSA) is 92.5 Å². The highest BCUT2D eigenvalue weighted by molar-refractivity contribution is 6.30. The van der Waals surface area contributed by atoms with E-state index < -0.39 is 0 Å². The van der Waals surface area contributed by atoms with Crippen LogP contribution < -0.4 is 0 Å². The van der Waals surface area contributed by atoms with E-state index in [2.05, 4.69) is 74.4 Å². The van der Waals surface area contributed by atoms with Gasteiger partial charge in [0, 0.05) is 12.0 Å². The Morgan fingerprint density at radius 2 is 1.94 bits per heavy atom. The van der Waals surface area contributed by atoms with E-state index in [0.717, 1.165) is 47.3 Å². The van der Waals surface area contributed by atoms with Gasteiger partial charge in [0.25, 0.3) is 0 Å². The molecule has 31 heavy (non-hydrogen) atoms. The first-order valence-corrected chi connectivity index (χ1v) is 10.8. The van der Waals surface area contributed by atoms with Gasteiger partial charge >= 0.3 is 0 Å². The molecule has 1 unspecified atom stereocenters. The van der Waals surface area contributed by atoms with E-state index in [1.54, 1.807) is 0 Å². The molecule has 0 saturated heterocycles. The van der Waals surface area contributed by atoms with E-state index in [9.17, 15) is 5.11 Å². The van der Waals surface area contributed by atoms with Gasteiger partial charge in [-0.05, 0) is 41.3 Å². The van der Waals surface area contributed by atoms with Crippen LogP contribution in [0.3, 0.4) is 0 Å². The molecule has 0 bridgehead atoms. The van der Waals surface area contributed by atoms with Gasteiger partial charge in [-0.3, -0.25) is 0 Å². The molecule has 160 valence electrons. The summed E-state index contributed by atoms with van der Waals surface area (Å²) in [4.78, 5) is 4.53. The van der Waals surface area contributed by atoms with Crippen molar-refractivity contribution in [1.29, 1.82) is 0 Å². The summed E-state index contributed by atoms with van der Waals surface area (Å²) in [7, 11) is 0. The molecule has 0 aliphatic carbocycles. The van der Waals surface area contributed by atoms with Crippen LogP contribution in [0.4, 0.5) is 0 Å². The van der Waals surface area contributed by atoms with Crippen LogP contribution in [-0.4, -0.2) is 35.3 Å². The van der Waals surface area contributed by atoms with Crippen LogP contribution >= 0.6 is 11.6 Å². The summed E-state index contributed by atoms with van der Waals surface area (Å²) in [6.45, 7) is 4.07. The van der Waals surface area contributed by atoms with Crippen molar-refractivity contribution in [2.75, 3.05) is 0 Å². The zero-order valence-corrected chi connectivity index (χ0v) is 18.3. The number of rotatable bonds is 8. The molecule has 2 N–H and O–H groups in total. The molecule has 4 aromatic rings. The second kappa shape index (κ2) is 9.41. The Hall–Kier alpha value is -3.03. The van der Waals surface area contributed by atoms with Crippen LogP contribution in [0.1, 0.15) is 49.8 Å². The van der Waals surface area contributed by atoms with Gasteiger partial charge in [0.15, 0.2) is 5.15 Å². The van der Waals surface area contributed by atoms with Crippen LogP contribution in [0, 0.1) is 0 Å². The summed E-state index contributed by atoms with van der Waals surface area (Å²) in [6.07, 6.45) is 2.87. The number of hydrogen-bond acceptors (Lipinski definition) is 5. The lowest BCUT2D eigenvalue weighted by atomic mass is 9.95. The first-order chi connectivity index (χ1) is 15.1. The highest BCUT2D eigenvalue weighted by Gasteiger charge is 2.22. The zero-order chi connectivity index (χ0) is 21.8. The van der Waals surface area contributed by atoms with Gasteiger partial charge in [-0.2, -0.15) is 5.21 Å². The second-order valence-electron chi connectivity index (χ2n) is 7.48. The van der Waals surface area contributed by atoms with Crippen molar-refractivity contribution in [2.24, 2.45) is 0 Å². The first kappa shape index (κ1) is 21.2. The van der Waals surface area contributed by atoms with Crippen molar-refractivity contribution in [3.63, 3.8) is 0 Å². The Morgan fingerprint density at radius 3 is 2.61 bits per heavy atom. The Labute approximate surface area is 186 Å². The third kappa shape index (κ3) is 4.24. The molecule has 0 spiro atoms. The lowest BCUT2D eigenvalue weighted by Gasteiger charge is -2.21. The molecule has 8 heteroatoms. The molecule has 7 nitrogen and oxygen atoms in total. The molecule has 2 heterocycles. The average Bonchev–Trinajstić information content (AvgIpc) is 3.45. The number of H-pyrrole nitrogens is 1.